The summed E-state index contributed by atoms with van der Waals surface area (Å²) in [6, 6.07) is 1.73. The van der Waals surface area contributed by atoms with Crippen molar-refractivity contribution >= 4 is 15.7 Å². The van der Waals surface area contributed by atoms with Gasteiger partial charge < -0.3 is 10.5 Å². The molecule has 0 aromatic carbocycles. The Bertz CT molecular complexity index is 542. The minimum absolute atomic E-state index is 0.329. The van der Waals surface area contributed by atoms with Crippen LogP contribution in [0.5, 0.6) is 5.88 Å². The highest BCUT2D eigenvalue weighted by Gasteiger charge is 2.24. The van der Waals surface area contributed by atoms with Gasteiger partial charge in [-0.15, -0.1) is 0 Å². The molecular weight excluding hydrogens is 242 g/mol. The first kappa shape index (κ1) is 12.1. The van der Waals surface area contributed by atoms with Crippen molar-refractivity contribution in [3.8, 4) is 5.88 Å². The summed E-state index contributed by atoms with van der Waals surface area (Å²) < 4.78 is 29.4. The van der Waals surface area contributed by atoms with Gasteiger partial charge in [-0.1, -0.05) is 0 Å². The van der Waals surface area contributed by atoms with E-state index in [1.165, 1.54) is 17.7 Å². The Kier molecular flexibility index (Phi) is 2.96. The maximum Gasteiger partial charge on any atom is 0.237 e. The second-order valence-electron chi connectivity index (χ2n) is 4.04. The smallest absolute Gasteiger partial charge is 0.237 e. The SMILES string of the molecule is COc1nc2c(cc1N)CN(S(C)(=O)=O)CC2. The number of nitrogens with two attached hydrogens (primary N) is 1. The van der Waals surface area contributed by atoms with E-state index in [9.17, 15) is 8.42 Å². The molecule has 0 amide bonds. The Balaban J connectivity index is 2.37. The molecule has 6 nitrogen and oxygen atoms in total. The summed E-state index contributed by atoms with van der Waals surface area (Å²) in [4.78, 5) is 4.28. The van der Waals surface area contributed by atoms with Crippen LogP contribution in [-0.4, -0.2) is 37.6 Å². The van der Waals surface area contributed by atoms with E-state index in [1.807, 2.05) is 0 Å². The topological polar surface area (TPSA) is 85.5 Å². The summed E-state index contributed by atoms with van der Waals surface area (Å²) in [5.74, 6) is 0.400. The first-order valence-corrected chi connectivity index (χ1v) is 7.04. The van der Waals surface area contributed by atoms with Crippen LogP contribution in [0.25, 0.3) is 0 Å². The number of methoxy groups -OCH3 is 1. The average molecular weight is 257 g/mol. The average Bonchev–Trinajstić information content (AvgIpc) is 2.26. The van der Waals surface area contributed by atoms with Crippen molar-refractivity contribution in [3.05, 3.63) is 17.3 Å². The van der Waals surface area contributed by atoms with Gasteiger partial charge in [-0.2, -0.15) is 4.31 Å². The van der Waals surface area contributed by atoms with Crippen LogP contribution in [0, 0.1) is 0 Å². The van der Waals surface area contributed by atoms with Gasteiger partial charge in [0.1, 0.15) is 0 Å². The maximum atomic E-state index is 11.5. The molecule has 17 heavy (non-hydrogen) atoms. The van der Waals surface area contributed by atoms with Crippen molar-refractivity contribution in [2.75, 3.05) is 25.6 Å². The molecule has 2 heterocycles. The van der Waals surface area contributed by atoms with Crippen molar-refractivity contribution < 1.29 is 13.2 Å². The molecule has 1 aromatic heterocycles. The standard InChI is InChI=1S/C10H15N3O3S/c1-16-10-8(11)5-7-6-13(17(2,14)15)4-3-9(7)12-10/h5H,3-4,6,11H2,1-2H3. The lowest BCUT2D eigenvalue weighted by Crippen LogP contribution is -2.35. The second-order valence-corrected chi connectivity index (χ2v) is 6.02. The van der Waals surface area contributed by atoms with Gasteiger partial charge in [0.05, 0.1) is 24.7 Å². The van der Waals surface area contributed by atoms with Crippen LogP contribution in [0.1, 0.15) is 11.3 Å². The molecule has 94 valence electrons. The molecule has 0 unspecified atom stereocenters. The summed E-state index contributed by atoms with van der Waals surface area (Å²) in [5.41, 5.74) is 7.89. The van der Waals surface area contributed by atoms with E-state index >= 15 is 0 Å². The summed E-state index contributed by atoms with van der Waals surface area (Å²) in [5, 5.41) is 0. The Morgan fingerprint density at radius 1 is 1.53 bits per heavy atom. The molecule has 0 aliphatic carbocycles. The zero-order chi connectivity index (χ0) is 12.6. The molecule has 1 aliphatic rings. The van der Waals surface area contributed by atoms with E-state index in [4.69, 9.17) is 10.5 Å². The summed E-state index contributed by atoms with van der Waals surface area (Å²) in [7, 11) is -1.65. The normalized spacial score (nSPS) is 16.6. The number of aromatic nitrogens is 1. The van der Waals surface area contributed by atoms with Crippen LogP contribution in [0.3, 0.4) is 0 Å². The first-order chi connectivity index (χ1) is 7.91. The predicted octanol–water partition coefficient (Wildman–Crippen LogP) is -0.00990. The van der Waals surface area contributed by atoms with Crippen LogP contribution < -0.4 is 10.5 Å². The minimum atomic E-state index is -3.16. The highest BCUT2D eigenvalue weighted by Crippen LogP contribution is 2.26. The highest BCUT2D eigenvalue weighted by atomic mass is 32.2. The fourth-order valence-corrected chi connectivity index (χ4v) is 2.69. The van der Waals surface area contributed by atoms with Gasteiger partial charge in [-0.3, -0.25) is 0 Å². The van der Waals surface area contributed by atoms with Gasteiger partial charge >= 0.3 is 0 Å². The molecule has 2 rings (SSSR count). The number of hydrogen-bond donors (Lipinski definition) is 1. The zero-order valence-electron chi connectivity index (χ0n) is 9.80. The third-order valence-electron chi connectivity index (χ3n) is 2.79. The second kappa shape index (κ2) is 4.15. The number of nitrogen functional groups attached to an aromatic ring is 1. The number of nitrogens with zero attached hydrogens (tertiary/aromatic N) is 2. The number of ether oxygens (including phenoxy) is 1. The monoisotopic (exact) mass is 257 g/mol. The van der Waals surface area contributed by atoms with Crippen LogP contribution in [0.15, 0.2) is 6.07 Å². The largest absolute Gasteiger partial charge is 0.480 e. The van der Waals surface area contributed by atoms with Crippen LogP contribution in [-0.2, 0) is 23.0 Å². The maximum absolute atomic E-state index is 11.5. The Morgan fingerprint density at radius 2 is 2.24 bits per heavy atom. The molecule has 1 aliphatic heterocycles. The predicted molar refractivity (Wildman–Crippen MR) is 64.2 cm³/mol. The third kappa shape index (κ3) is 2.34. The van der Waals surface area contributed by atoms with Gasteiger partial charge in [0.15, 0.2) is 0 Å². The molecule has 0 spiro atoms. The fraction of sp³-hybridized carbons (Fsp3) is 0.500. The molecule has 0 radical (unpaired) electrons. The van der Waals surface area contributed by atoms with Gasteiger partial charge in [0.25, 0.3) is 0 Å². The Morgan fingerprint density at radius 3 is 2.82 bits per heavy atom. The first-order valence-electron chi connectivity index (χ1n) is 5.19. The lowest BCUT2D eigenvalue weighted by Gasteiger charge is -2.26. The molecule has 0 saturated carbocycles. The number of pyridine rings is 1. The lowest BCUT2D eigenvalue weighted by molar-refractivity contribution is 0.377. The number of fused-ring (bicyclic) bond motifs is 1. The summed E-state index contributed by atoms with van der Waals surface area (Å²) in [6.45, 7) is 0.779. The van der Waals surface area contributed by atoms with Crippen LogP contribution >= 0.6 is 0 Å². The van der Waals surface area contributed by atoms with Crippen molar-refractivity contribution in [1.82, 2.24) is 9.29 Å². The molecule has 1 aromatic rings. The number of anilines is 1. The quantitative estimate of drug-likeness (QED) is 0.805. The van der Waals surface area contributed by atoms with E-state index in [0.29, 0.717) is 31.1 Å². The minimum Gasteiger partial charge on any atom is -0.480 e. The molecule has 0 fully saturated rings. The summed E-state index contributed by atoms with van der Waals surface area (Å²) in [6.07, 6.45) is 1.79. The molecule has 0 atom stereocenters. The van der Waals surface area contributed by atoms with E-state index in [-0.39, 0.29) is 0 Å². The Hall–Kier alpha value is -1.34. The van der Waals surface area contributed by atoms with Crippen molar-refractivity contribution in [2.45, 2.75) is 13.0 Å². The van der Waals surface area contributed by atoms with Crippen molar-refractivity contribution in [1.29, 1.82) is 0 Å². The third-order valence-corrected chi connectivity index (χ3v) is 4.04. The molecular formula is C10H15N3O3S. The van der Waals surface area contributed by atoms with Gasteiger partial charge in [0, 0.05) is 19.5 Å². The number of hydrogen-bond acceptors (Lipinski definition) is 5. The summed E-state index contributed by atoms with van der Waals surface area (Å²) >= 11 is 0. The van der Waals surface area contributed by atoms with Crippen LogP contribution in [0.4, 0.5) is 5.69 Å². The fourth-order valence-electron chi connectivity index (χ4n) is 1.89. The van der Waals surface area contributed by atoms with Gasteiger partial charge in [-0.05, 0) is 11.6 Å². The molecule has 2 N–H and O–H groups in total. The molecule has 0 saturated heterocycles. The highest BCUT2D eigenvalue weighted by molar-refractivity contribution is 7.88. The van der Waals surface area contributed by atoms with Gasteiger partial charge in [-0.25, -0.2) is 13.4 Å². The van der Waals surface area contributed by atoms with Gasteiger partial charge in [0.2, 0.25) is 15.9 Å². The van der Waals surface area contributed by atoms with E-state index in [0.717, 1.165) is 11.3 Å². The molecule has 7 heteroatoms. The van der Waals surface area contributed by atoms with E-state index < -0.39 is 10.0 Å². The van der Waals surface area contributed by atoms with E-state index in [1.54, 1.807) is 6.07 Å². The zero-order valence-corrected chi connectivity index (χ0v) is 10.6. The van der Waals surface area contributed by atoms with Crippen molar-refractivity contribution in [3.63, 3.8) is 0 Å². The number of rotatable bonds is 2. The lowest BCUT2D eigenvalue weighted by atomic mass is 10.1. The molecule has 0 bridgehead atoms. The van der Waals surface area contributed by atoms with Crippen molar-refractivity contribution in [2.24, 2.45) is 0 Å². The Labute approximate surface area is 100 Å². The number of sulfonamides is 1. The van der Waals surface area contributed by atoms with Crippen LogP contribution in [0.2, 0.25) is 0 Å². The van der Waals surface area contributed by atoms with E-state index in [2.05, 4.69) is 4.98 Å².